The molecule has 0 saturated heterocycles. The normalized spacial score (nSPS) is 15.4. The number of aliphatic hydroxyl groups excluding tert-OH is 1. The van der Waals surface area contributed by atoms with E-state index < -0.39 is 29.3 Å². The van der Waals surface area contributed by atoms with Crippen LogP contribution in [0.1, 0.15) is 22.7 Å². The second kappa shape index (κ2) is 11.5. The van der Waals surface area contributed by atoms with Gasteiger partial charge < -0.3 is 5.11 Å². The fraction of sp³-hybridized carbons (Fsp3) is 0.0625. The molecule has 5 aromatic rings. The van der Waals surface area contributed by atoms with Crippen molar-refractivity contribution in [2.45, 2.75) is 16.1 Å². The third kappa shape index (κ3) is 5.41. The number of ketones is 1. The van der Waals surface area contributed by atoms with Gasteiger partial charge in [0.2, 0.25) is 5.13 Å². The highest BCUT2D eigenvalue weighted by molar-refractivity contribution is 8.00. The molecule has 41 heavy (non-hydrogen) atoms. The predicted octanol–water partition coefficient (Wildman–Crippen LogP) is 7.31. The lowest BCUT2D eigenvalue weighted by molar-refractivity contribution is -0.117. The molecule has 1 aliphatic heterocycles. The van der Waals surface area contributed by atoms with Gasteiger partial charge in [0.25, 0.3) is 5.91 Å². The molecule has 202 valence electrons. The molecule has 4 aromatic carbocycles. The molecule has 6 rings (SSSR count). The van der Waals surface area contributed by atoms with Crippen molar-refractivity contribution in [1.29, 1.82) is 0 Å². The molecule has 1 aliphatic rings. The van der Waals surface area contributed by atoms with Crippen LogP contribution in [0.25, 0.3) is 16.8 Å². The van der Waals surface area contributed by atoms with Crippen LogP contribution < -0.4 is 4.90 Å². The van der Waals surface area contributed by atoms with Crippen molar-refractivity contribution in [3.05, 3.63) is 137 Å². The zero-order valence-corrected chi connectivity index (χ0v) is 23.1. The number of carbonyl (C=O) groups is 2. The van der Waals surface area contributed by atoms with Crippen molar-refractivity contribution in [3.8, 4) is 0 Å². The van der Waals surface area contributed by atoms with E-state index in [1.165, 1.54) is 58.3 Å². The highest BCUT2D eigenvalue weighted by Crippen LogP contribution is 2.43. The van der Waals surface area contributed by atoms with Crippen molar-refractivity contribution in [2.24, 2.45) is 0 Å². The molecule has 9 heteroatoms. The molecule has 6 nitrogen and oxygen atoms in total. The number of hydrogen-bond donors (Lipinski definition) is 1. The van der Waals surface area contributed by atoms with Crippen LogP contribution >= 0.6 is 23.1 Å². The highest BCUT2D eigenvalue weighted by Gasteiger charge is 2.45. The zero-order chi connectivity index (χ0) is 28.3. The van der Waals surface area contributed by atoms with Gasteiger partial charge in [0.1, 0.15) is 5.82 Å². The fourth-order valence-corrected chi connectivity index (χ4v) is 6.63. The summed E-state index contributed by atoms with van der Waals surface area (Å²) in [5.74, 6) is -1.79. The van der Waals surface area contributed by atoms with E-state index in [0.29, 0.717) is 15.7 Å². The van der Waals surface area contributed by atoms with Crippen LogP contribution in [-0.4, -0.2) is 27.0 Å². The Labute approximate surface area is 243 Å². The summed E-state index contributed by atoms with van der Waals surface area (Å²) in [6.45, 7) is 0. The van der Waals surface area contributed by atoms with E-state index in [2.05, 4.69) is 34.5 Å². The average molecular weight is 580 g/mol. The summed E-state index contributed by atoms with van der Waals surface area (Å²) in [4.78, 5) is 28.0. The minimum Gasteiger partial charge on any atom is -0.503 e. The van der Waals surface area contributed by atoms with Crippen LogP contribution in [0.3, 0.4) is 0 Å². The SMILES string of the molecule is O=C(/C=C/c1ccccc1)C1=C(O)C(=O)N(c2nnc(SCc3cccc4ccccc34)s2)C1c1ccc(F)cc1. The Balaban J connectivity index is 1.30. The van der Waals surface area contributed by atoms with E-state index in [-0.39, 0.29) is 10.7 Å². The van der Waals surface area contributed by atoms with Gasteiger partial charge in [-0.3, -0.25) is 14.5 Å². The lowest BCUT2D eigenvalue weighted by Crippen LogP contribution is -2.30. The van der Waals surface area contributed by atoms with Crippen LogP contribution in [0, 0.1) is 5.82 Å². The van der Waals surface area contributed by atoms with Gasteiger partial charge >= 0.3 is 0 Å². The maximum Gasteiger partial charge on any atom is 0.296 e. The molecule has 0 saturated carbocycles. The summed E-state index contributed by atoms with van der Waals surface area (Å²) in [7, 11) is 0. The lowest BCUT2D eigenvalue weighted by Gasteiger charge is -2.23. The first-order valence-electron chi connectivity index (χ1n) is 12.7. The molecule has 0 radical (unpaired) electrons. The van der Waals surface area contributed by atoms with E-state index in [1.54, 1.807) is 6.08 Å². The maximum absolute atomic E-state index is 13.8. The first kappa shape index (κ1) is 26.6. The first-order chi connectivity index (χ1) is 20.0. The molecule has 1 atom stereocenters. The first-order valence-corrected chi connectivity index (χ1v) is 14.5. The number of thioether (sulfide) groups is 1. The number of amides is 1. The summed E-state index contributed by atoms with van der Waals surface area (Å²) >= 11 is 2.68. The number of benzene rings is 4. The fourth-order valence-electron chi connectivity index (χ4n) is 4.76. The van der Waals surface area contributed by atoms with Crippen LogP contribution in [0.2, 0.25) is 0 Å². The van der Waals surface area contributed by atoms with Gasteiger partial charge in [0.05, 0.1) is 11.6 Å². The largest absolute Gasteiger partial charge is 0.503 e. The molecule has 0 fully saturated rings. The zero-order valence-electron chi connectivity index (χ0n) is 21.5. The third-order valence-corrected chi connectivity index (χ3v) is 8.82. The molecule has 2 heterocycles. The van der Waals surface area contributed by atoms with E-state index in [0.717, 1.165) is 21.9 Å². The molecule has 0 aliphatic carbocycles. The highest BCUT2D eigenvalue weighted by atomic mass is 32.2. The van der Waals surface area contributed by atoms with Gasteiger partial charge in [-0.15, -0.1) is 10.2 Å². The number of aromatic nitrogens is 2. The number of anilines is 1. The Kier molecular flexibility index (Phi) is 7.45. The van der Waals surface area contributed by atoms with Crippen molar-refractivity contribution < 1.29 is 19.1 Å². The van der Waals surface area contributed by atoms with Gasteiger partial charge in [0, 0.05) is 5.75 Å². The van der Waals surface area contributed by atoms with Crippen LogP contribution in [-0.2, 0) is 15.3 Å². The topological polar surface area (TPSA) is 83.4 Å². The minimum atomic E-state index is -1.00. The smallest absolute Gasteiger partial charge is 0.296 e. The van der Waals surface area contributed by atoms with Crippen molar-refractivity contribution >= 4 is 56.8 Å². The van der Waals surface area contributed by atoms with Crippen LogP contribution in [0.5, 0.6) is 0 Å². The lowest BCUT2D eigenvalue weighted by atomic mass is 9.96. The number of fused-ring (bicyclic) bond motifs is 1. The standard InChI is InChI=1S/C32H22FN3O3S2/c33-24-16-14-22(15-17-24)28-27(26(37)18-13-20-7-2-1-3-8-20)29(38)30(39)36(28)31-34-35-32(41-31)40-19-23-11-6-10-21-9-4-5-12-25(21)23/h1-18,28,38H,19H2/b18-13+. The number of nitrogens with zero attached hydrogens (tertiary/aromatic N) is 3. The Morgan fingerprint density at radius 2 is 1.68 bits per heavy atom. The second-order valence-corrected chi connectivity index (χ2v) is 11.5. The van der Waals surface area contributed by atoms with Gasteiger partial charge in [-0.2, -0.15) is 0 Å². The molecular weight excluding hydrogens is 558 g/mol. The molecule has 1 N–H and O–H groups in total. The van der Waals surface area contributed by atoms with Crippen molar-refractivity contribution in [3.63, 3.8) is 0 Å². The van der Waals surface area contributed by atoms with Crippen molar-refractivity contribution in [1.82, 2.24) is 10.2 Å². The molecule has 0 bridgehead atoms. The van der Waals surface area contributed by atoms with E-state index in [1.807, 2.05) is 48.5 Å². The van der Waals surface area contributed by atoms with Gasteiger partial charge in [-0.1, -0.05) is 114 Å². The monoisotopic (exact) mass is 579 g/mol. The summed E-state index contributed by atoms with van der Waals surface area (Å²) in [5.41, 5.74) is 2.29. The van der Waals surface area contributed by atoms with E-state index >= 15 is 0 Å². The van der Waals surface area contributed by atoms with Gasteiger partial charge in [-0.05, 0) is 45.7 Å². The average Bonchev–Trinajstić information content (AvgIpc) is 3.57. The summed E-state index contributed by atoms with van der Waals surface area (Å²) in [5, 5.41) is 22.0. The molecule has 1 aromatic heterocycles. The predicted molar refractivity (Wildman–Crippen MR) is 160 cm³/mol. The number of rotatable bonds is 8. The molecular formula is C32H22FN3O3S2. The summed E-state index contributed by atoms with van der Waals surface area (Å²) in [6.07, 6.45) is 2.93. The number of halogens is 1. The van der Waals surface area contributed by atoms with E-state index in [4.69, 9.17) is 0 Å². The Morgan fingerprint density at radius 1 is 0.951 bits per heavy atom. The van der Waals surface area contributed by atoms with Crippen LogP contribution in [0.15, 0.2) is 119 Å². The number of aliphatic hydroxyl groups is 1. The van der Waals surface area contributed by atoms with Crippen LogP contribution in [0.4, 0.5) is 9.52 Å². The second-order valence-electron chi connectivity index (χ2n) is 9.28. The van der Waals surface area contributed by atoms with Gasteiger partial charge in [-0.25, -0.2) is 4.39 Å². The maximum atomic E-state index is 13.8. The Hall–Kier alpha value is -4.60. The Morgan fingerprint density at radius 3 is 2.49 bits per heavy atom. The molecule has 0 spiro atoms. The summed E-state index contributed by atoms with van der Waals surface area (Å²) in [6, 6.07) is 28.0. The number of allylic oxidation sites excluding steroid dienone is 1. The number of hydrogen-bond acceptors (Lipinski definition) is 7. The van der Waals surface area contributed by atoms with Gasteiger partial charge in [0.15, 0.2) is 15.9 Å². The molecule has 1 unspecified atom stereocenters. The third-order valence-electron chi connectivity index (χ3n) is 6.72. The number of carbonyl (C=O) groups excluding carboxylic acids is 2. The Bertz CT molecular complexity index is 1810. The summed E-state index contributed by atoms with van der Waals surface area (Å²) < 4.78 is 14.4. The van der Waals surface area contributed by atoms with Crippen molar-refractivity contribution in [2.75, 3.05) is 4.90 Å². The minimum absolute atomic E-state index is 0.103. The molecule has 1 amide bonds. The van der Waals surface area contributed by atoms with E-state index in [9.17, 15) is 19.1 Å². The quantitative estimate of drug-likeness (QED) is 0.118.